The second kappa shape index (κ2) is 6.60. The molecule has 0 saturated heterocycles. The van der Waals surface area contributed by atoms with Crippen molar-refractivity contribution in [2.24, 2.45) is 0 Å². The van der Waals surface area contributed by atoms with Crippen molar-refractivity contribution in [3.05, 3.63) is 33.8 Å². The van der Waals surface area contributed by atoms with E-state index in [0.29, 0.717) is 23.1 Å². The summed E-state index contributed by atoms with van der Waals surface area (Å²) in [7, 11) is -0.799. The van der Waals surface area contributed by atoms with Gasteiger partial charge in [-0.3, -0.25) is 4.21 Å². The summed E-state index contributed by atoms with van der Waals surface area (Å²) >= 11 is 11.9. The predicted molar refractivity (Wildman–Crippen MR) is 71.7 cm³/mol. The second-order valence-corrected chi connectivity index (χ2v) is 6.24. The second-order valence-electron chi connectivity index (χ2n) is 3.65. The Hall–Kier alpha value is -0.0900. The third kappa shape index (κ3) is 4.06. The average Bonchev–Trinajstić information content (AvgIpc) is 2.24. The molecular weight excluding hydrogens is 265 g/mol. The van der Waals surface area contributed by atoms with Gasteiger partial charge in [0.25, 0.3) is 0 Å². The van der Waals surface area contributed by atoms with Crippen LogP contribution in [0, 0.1) is 0 Å². The molecule has 0 aliphatic rings. The van der Waals surface area contributed by atoms with Gasteiger partial charge in [0.15, 0.2) is 0 Å². The van der Waals surface area contributed by atoms with E-state index in [9.17, 15) is 4.21 Å². The maximum Gasteiger partial charge on any atom is 0.0637 e. The Morgan fingerprint density at radius 2 is 2.12 bits per heavy atom. The van der Waals surface area contributed by atoms with E-state index in [1.165, 1.54) is 0 Å². The molecule has 0 radical (unpaired) electrons. The third-order valence-electron chi connectivity index (χ3n) is 2.35. The van der Waals surface area contributed by atoms with Crippen molar-refractivity contribution >= 4 is 34.0 Å². The van der Waals surface area contributed by atoms with E-state index in [2.05, 4.69) is 5.32 Å². The van der Waals surface area contributed by atoms with Gasteiger partial charge in [-0.2, -0.15) is 0 Å². The predicted octanol–water partition coefficient (Wildman–Crippen LogP) is 2.85. The van der Waals surface area contributed by atoms with E-state index in [1.807, 2.05) is 19.1 Å². The minimum absolute atomic E-state index is 0.137. The standard InChI is InChI=1S/C11H15Cl2NOS/c1-8(16(2)15)6-14-7-9-4-3-5-10(12)11(9)13/h3-5,8,14H,6-7H2,1-2H3. The molecule has 1 N–H and O–H groups in total. The molecule has 0 amide bonds. The van der Waals surface area contributed by atoms with Gasteiger partial charge in [0.1, 0.15) is 0 Å². The van der Waals surface area contributed by atoms with Gasteiger partial charge in [0, 0.05) is 35.4 Å². The Balaban J connectivity index is 2.49. The first kappa shape index (κ1) is 14.0. The highest BCUT2D eigenvalue weighted by Crippen LogP contribution is 2.25. The molecule has 0 spiro atoms. The van der Waals surface area contributed by atoms with Gasteiger partial charge in [-0.25, -0.2) is 0 Å². The molecule has 16 heavy (non-hydrogen) atoms. The van der Waals surface area contributed by atoms with Crippen molar-refractivity contribution in [2.45, 2.75) is 18.7 Å². The number of benzene rings is 1. The van der Waals surface area contributed by atoms with Crippen molar-refractivity contribution < 1.29 is 4.21 Å². The molecule has 2 atom stereocenters. The first-order valence-corrected chi connectivity index (χ1v) is 7.36. The van der Waals surface area contributed by atoms with E-state index in [-0.39, 0.29) is 5.25 Å². The van der Waals surface area contributed by atoms with Gasteiger partial charge < -0.3 is 5.32 Å². The molecule has 1 rings (SSSR count). The summed E-state index contributed by atoms with van der Waals surface area (Å²) in [5.41, 5.74) is 0.961. The van der Waals surface area contributed by atoms with Crippen molar-refractivity contribution in [3.63, 3.8) is 0 Å². The Morgan fingerprint density at radius 3 is 2.75 bits per heavy atom. The molecule has 1 aromatic rings. The van der Waals surface area contributed by atoms with Crippen LogP contribution in [0.4, 0.5) is 0 Å². The number of halogens is 2. The fourth-order valence-electron chi connectivity index (χ4n) is 1.21. The van der Waals surface area contributed by atoms with Crippen LogP contribution in [0.15, 0.2) is 18.2 Å². The molecule has 1 aromatic carbocycles. The van der Waals surface area contributed by atoms with E-state index >= 15 is 0 Å². The van der Waals surface area contributed by atoms with Crippen LogP contribution in [0.25, 0.3) is 0 Å². The highest BCUT2D eigenvalue weighted by atomic mass is 35.5. The topological polar surface area (TPSA) is 29.1 Å². The summed E-state index contributed by atoms with van der Waals surface area (Å²) in [6.07, 6.45) is 1.71. The molecule has 0 aromatic heterocycles. The summed E-state index contributed by atoms with van der Waals surface area (Å²) in [5, 5.41) is 4.50. The summed E-state index contributed by atoms with van der Waals surface area (Å²) in [6.45, 7) is 3.29. The molecule has 2 unspecified atom stereocenters. The Labute approximate surface area is 109 Å². The van der Waals surface area contributed by atoms with Crippen LogP contribution in [0.3, 0.4) is 0 Å². The van der Waals surface area contributed by atoms with E-state index in [0.717, 1.165) is 5.56 Å². The van der Waals surface area contributed by atoms with Crippen molar-refractivity contribution in [1.29, 1.82) is 0 Å². The lowest BCUT2D eigenvalue weighted by Gasteiger charge is -2.11. The lowest BCUT2D eigenvalue weighted by atomic mass is 10.2. The first-order valence-electron chi connectivity index (χ1n) is 4.98. The molecule has 0 fully saturated rings. The Bertz CT molecular complexity index is 384. The smallest absolute Gasteiger partial charge is 0.0637 e. The van der Waals surface area contributed by atoms with Crippen LogP contribution in [0.2, 0.25) is 10.0 Å². The molecule has 2 nitrogen and oxygen atoms in total. The van der Waals surface area contributed by atoms with Gasteiger partial charge in [-0.1, -0.05) is 35.3 Å². The van der Waals surface area contributed by atoms with Crippen molar-refractivity contribution in [1.82, 2.24) is 5.32 Å². The molecule has 5 heteroatoms. The van der Waals surface area contributed by atoms with Crippen LogP contribution in [0.1, 0.15) is 12.5 Å². The zero-order valence-electron chi connectivity index (χ0n) is 9.30. The maximum atomic E-state index is 11.1. The van der Waals surface area contributed by atoms with Crippen molar-refractivity contribution in [3.8, 4) is 0 Å². The van der Waals surface area contributed by atoms with E-state index in [1.54, 1.807) is 12.3 Å². The summed E-state index contributed by atoms with van der Waals surface area (Å²) in [4.78, 5) is 0. The van der Waals surface area contributed by atoms with Crippen LogP contribution < -0.4 is 5.32 Å². The molecule has 0 heterocycles. The van der Waals surface area contributed by atoms with Gasteiger partial charge >= 0.3 is 0 Å². The number of nitrogens with one attached hydrogen (secondary N) is 1. The van der Waals surface area contributed by atoms with Gasteiger partial charge in [-0.05, 0) is 18.6 Å². The highest BCUT2D eigenvalue weighted by Gasteiger charge is 2.07. The zero-order valence-corrected chi connectivity index (χ0v) is 11.6. The van der Waals surface area contributed by atoms with Crippen LogP contribution in [-0.4, -0.2) is 22.3 Å². The number of hydrogen-bond donors (Lipinski definition) is 1. The highest BCUT2D eigenvalue weighted by molar-refractivity contribution is 7.84. The lowest BCUT2D eigenvalue weighted by molar-refractivity contribution is 0.647. The number of rotatable bonds is 5. The molecule has 0 aliphatic heterocycles. The quantitative estimate of drug-likeness (QED) is 0.898. The lowest BCUT2D eigenvalue weighted by Crippen LogP contribution is -2.27. The van der Waals surface area contributed by atoms with E-state index < -0.39 is 10.8 Å². The summed E-state index contributed by atoms with van der Waals surface area (Å²) in [6, 6.07) is 5.55. The SMILES string of the molecule is CC(CNCc1cccc(Cl)c1Cl)S(C)=O. The molecule has 0 saturated carbocycles. The van der Waals surface area contributed by atoms with E-state index in [4.69, 9.17) is 23.2 Å². The molecule has 0 bridgehead atoms. The zero-order chi connectivity index (χ0) is 12.1. The van der Waals surface area contributed by atoms with Gasteiger partial charge in [0.2, 0.25) is 0 Å². The number of hydrogen-bond acceptors (Lipinski definition) is 2. The normalized spacial score (nSPS) is 14.8. The average molecular weight is 280 g/mol. The fraction of sp³-hybridized carbons (Fsp3) is 0.455. The van der Waals surface area contributed by atoms with Gasteiger partial charge in [-0.15, -0.1) is 0 Å². The van der Waals surface area contributed by atoms with Crippen molar-refractivity contribution in [2.75, 3.05) is 12.8 Å². The minimum atomic E-state index is -0.799. The monoisotopic (exact) mass is 279 g/mol. The summed E-state index contributed by atoms with van der Waals surface area (Å²) < 4.78 is 11.1. The maximum absolute atomic E-state index is 11.1. The third-order valence-corrected chi connectivity index (χ3v) is 4.50. The molecular formula is C11H15Cl2NOS. The Morgan fingerprint density at radius 1 is 1.44 bits per heavy atom. The van der Waals surface area contributed by atoms with Crippen LogP contribution >= 0.6 is 23.2 Å². The molecule has 0 aliphatic carbocycles. The minimum Gasteiger partial charge on any atom is -0.311 e. The summed E-state index contributed by atoms with van der Waals surface area (Å²) in [5.74, 6) is 0. The largest absolute Gasteiger partial charge is 0.311 e. The van der Waals surface area contributed by atoms with Crippen LogP contribution in [0.5, 0.6) is 0 Å². The first-order chi connectivity index (χ1) is 7.52. The van der Waals surface area contributed by atoms with Crippen LogP contribution in [-0.2, 0) is 17.3 Å². The molecule has 90 valence electrons. The van der Waals surface area contributed by atoms with Gasteiger partial charge in [0.05, 0.1) is 10.0 Å². The Kier molecular flexibility index (Phi) is 5.76. The fourth-order valence-corrected chi connectivity index (χ4v) is 1.95.